The third-order valence-electron chi connectivity index (χ3n) is 2.37. The molecule has 0 spiro atoms. The van der Waals surface area contributed by atoms with Gasteiger partial charge in [-0.3, -0.25) is 0 Å². The van der Waals surface area contributed by atoms with E-state index in [4.69, 9.17) is 0 Å². The first-order valence-electron chi connectivity index (χ1n) is 3.69. The fourth-order valence-corrected chi connectivity index (χ4v) is 3.26. The van der Waals surface area contributed by atoms with E-state index >= 15 is 0 Å². The zero-order valence-corrected chi connectivity index (χ0v) is 6.36. The van der Waals surface area contributed by atoms with Gasteiger partial charge in [0.1, 0.15) is 0 Å². The van der Waals surface area contributed by atoms with E-state index in [0.29, 0.717) is 0 Å². The Morgan fingerprint density at radius 2 is 1.56 bits per heavy atom. The van der Waals surface area contributed by atoms with Crippen molar-refractivity contribution in [3.8, 4) is 0 Å². The maximum atomic E-state index is 2.35. The Morgan fingerprint density at radius 3 is 2.11 bits per heavy atom. The van der Waals surface area contributed by atoms with Crippen LogP contribution in [0.3, 0.4) is 0 Å². The van der Waals surface area contributed by atoms with E-state index in [1.54, 1.807) is 0 Å². The van der Waals surface area contributed by atoms with E-state index in [2.05, 4.69) is 23.9 Å². The first-order chi connectivity index (χ1) is 4.47. The highest BCUT2D eigenvalue weighted by atomic mass is 32.2. The van der Waals surface area contributed by atoms with Crippen LogP contribution in [0.25, 0.3) is 0 Å². The molecular weight excluding hydrogens is 128 g/mol. The van der Waals surface area contributed by atoms with Crippen LogP contribution >= 0.6 is 11.8 Å². The molecule has 1 aliphatic carbocycles. The third kappa shape index (κ3) is 1.03. The highest BCUT2D eigenvalue weighted by Crippen LogP contribution is 2.37. The minimum Gasteiger partial charge on any atom is -0.161 e. The summed E-state index contributed by atoms with van der Waals surface area (Å²) in [4.78, 5) is 0. The van der Waals surface area contributed by atoms with Crippen LogP contribution in [-0.4, -0.2) is 11.5 Å². The van der Waals surface area contributed by atoms with Crippen molar-refractivity contribution in [1.29, 1.82) is 0 Å². The van der Waals surface area contributed by atoms with E-state index in [0.717, 1.165) is 11.8 Å². The lowest BCUT2D eigenvalue weighted by molar-refractivity contribution is 0.411. The predicted octanol–water partition coefficient (Wildman–Crippen LogP) is 2.32. The Bertz CT molecular complexity index is 115. The minimum atomic E-state index is 1.04. The number of fused-ring (bicyclic) bond motifs is 1. The number of hydrogen-bond donors (Lipinski definition) is 0. The topological polar surface area (TPSA) is 0 Å². The lowest BCUT2D eigenvalue weighted by Gasteiger charge is -2.18. The summed E-state index contributed by atoms with van der Waals surface area (Å²) < 4.78 is 0. The molecule has 0 nitrogen and oxygen atoms in total. The Labute approximate surface area is 60.7 Å². The van der Waals surface area contributed by atoms with Crippen LogP contribution in [0.15, 0.2) is 12.2 Å². The Kier molecular flexibility index (Phi) is 1.54. The van der Waals surface area contributed by atoms with Gasteiger partial charge in [0.15, 0.2) is 0 Å². The number of rotatable bonds is 0. The SMILES string of the molecule is C1=CC[C@H]2CSC[C@H]2C1. The zero-order valence-electron chi connectivity index (χ0n) is 5.55. The lowest BCUT2D eigenvalue weighted by atomic mass is 9.86. The predicted molar refractivity (Wildman–Crippen MR) is 42.7 cm³/mol. The molecule has 0 saturated carbocycles. The summed E-state index contributed by atoms with van der Waals surface area (Å²) in [6, 6.07) is 0. The summed E-state index contributed by atoms with van der Waals surface area (Å²) in [5, 5.41) is 0. The second kappa shape index (κ2) is 2.37. The molecule has 2 atom stereocenters. The van der Waals surface area contributed by atoms with Gasteiger partial charge in [-0.15, -0.1) is 0 Å². The van der Waals surface area contributed by atoms with Gasteiger partial charge in [-0.2, -0.15) is 11.8 Å². The molecule has 1 fully saturated rings. The maximum absolute atomic E-state index is 2.35. The Balaban J connectivity index is 2.07. The van der Waals surface area contributed by atoms with Gasteiger partial charge in [-0.1, -0.05) is 12.2 Å². The fraction of sp³-hybridized carbons (Fsp3) is 0.750. The van der Waals surface area contributed by atoms with E-state index in [1.165, 1.54) is 24.3 Å². The number of allylic oxidation sites excluding steroid dienone is 2. The third-order valence-corrected chi connectivity index (χ3v) is 3.70. The van der Waals surface area contributed by atoms with Gasteiger partial charge in [0.2, 0.25) is 0 Å². The molecule has 50 valence electrons. The van der Waals surface area contributed by atoms with Crippen molar-refractivity contribution >= 4 is 11.8 Å². The molecule has 0 aromatic carbocycles. The summed E-state index contributed by atoms with van der Waals surface area (Å²) >= 11 is 2.14. The van der Waals surface area contributed by atoms with Gasteiger partial charge in [-0.05, 0) is 36.2 Å². The van der Waals surface area contributed by atoms with Crippen LogP contribution in [0.2, 0.25) is 0 Å². The molecule has 1 heterocycles. The van der Waals surface area contributed by atoms with Crippen LogP contribution in [0, 0.1) is 11.8 Å². The van der Waals surface area contributed by atoms with E-state index in [1.807, 2.05) is 0 Å². The van der Waals surface area contributed by atoms with Gasteiger partial charge in [0, 0.05) is 0 Å². The molecule has 1 heteroatoms. The number of thioether (sulfide) groups is 1. The second-order valence-corrected chi connectivity index (χ2v) is 4.08. The van der Waals surface area contributed by atoms with Crippen molar-refractivity contribution in [2.75, 3.05) is 11.5 Å². The Morgan fingerprint density at radius 1 is 1.00 bits per heavy atom. The van der Waals surface area contributed by atoms with Crippen LogP contribution < -0.4 is 0 Å². The molecule has 0 aromatic rings. The summed E-state index contributed by atoms with van der Waals surface area (Å²) in [6.07, 6.45) is 7.43. The van der Waals surface area contributed by atoms with Crippen molar-refractivity contribution in [3.63, 3.8) is 0 Å². The summed E-state index contributed by atoms with van der Waals surface area (Å²) in [6.45, 7) is 0. The van der Waals surface area contributed by atoms with Gasteiger partial charge in [0.25, 0.3) is 0 Å². The van der Waals surface area contributed by atoms with Crippen molar-refractivity contribution in [2.45, 2.75) is 12.8 Å². The molecule has 2 aliphatic rings. The standard InChI is InChI=1S/C8H12S/c1-2-4-8-6-9-5-7(8)3-1/h1-2,7-8H,3-6H2/t7-,8+. The summed E-state index contributed by atoms with van der Waals surface area (Å²) in [5.74, 6) is 4.93. The molecule has 0 bridgehead atoms. The fourth-order valence-electron chi connectivity index (χ4n) is 1.71. The molecule has 2 rings (SSSR count). The van der Waals surface area contributed by atoms with Crippen LogP contribution in [0.4, 0.5) is 0 Å². The normalized spacial score (nSPS) is 40.9. The largest absolute Gasteiger partial charge is 0.161 e. The van der Waals surface area contributed by atoms with Gasteiger partial charge < -0.3 is 0 Å². The lowest BCUT2D eigenvalue weighted by Crippen LogP contribution is -2.13. The first-order valence-corrected chi connectivity index (χ1v) is 4.85. The van der Waals surface area contributed by atoms with Crippen LogP contribution in [0.1, 0.15) is 12.8 Å². The summed E-state index contributed by atoms with van der Waals surface area (Å²) in [5.41, 5.74) is 0. The molecule has 0 amide bonds. The average Bonchev–Trinajstić information content (AvgIpc) is 2.33. The second-order valence-electron chi connectivity index (χ2n) is 3.00. The van der Waals surface area contributed by atoms with Gasteiger partial charge in [0.05, 0.1) is 0 Å². The number of hydrogen-bond acceptors (Lipinski definition) is 1. The van der Waals surface area contributed by atoms with Gasteiger partial charge in [-0.25, -0.2) is 0 Å². The highest BCUT2D eigenvalue weighted by Gasteiger charge is 2.27. The van der Waals surface area contributed by atoms with E-state index in [9.17, 15) is 0 Å². The molecular formula is C8H12S. The first kappa shape index (κ1) is 5.84. The molecule has 0 aromatic heterocycles. The molecule has 0 N–H and O–H groups in total. The molecule has 0 unspecified atom stereocenters. The molecule has 1 saturated heterocycles. The van der Waals surface area contributed by atoms with Crippen molar-refractivity contribution in [3.05, 3.63) is 12.2 Å². The monoisotopic (exact) mass is 140 g/mol. The maximum Gasteiger partial charge on any atom is -0.00330 e. The smallest absolute Gasteiger partial charge is 0.00330 e. The average molecular weight is 140 g/mol. The Hall–Kier alpha value is 0.0900. The van der Waals surface area contributed by atoms with Crippen molar-refractivity contribution < 1.29 is 0 Å². The van der Waals surface area contributed by atoms with Crippen LogP contribution in [0.5, 0.6) is 0 Å². The molecule has 0 radical (unpaired) electrons. The van der Waals surface area contributed by atoms with E-state index in [-0.39, 0.29) is 0 Å². The minimum absolute atomic E-state index is 1.04. The van der Waals surface area contributed by atoms with Crippen molar-refractivity contribution in [2.24, 2.45) is 11.8 Å². The zero-order chi connectivity index (χ0) is 6.10. The molecule has 9 heavy (non-hydrogen) atoms. The molecule has 1 aliphatic heterocycles. The van der Waals surface area contributed by atoms with Gasteiger partial charge >= 0.3 is 0 Å². The quantitative estimate of drug-likeness (QED) is 0.465. The van der Waals surface area contributed by atoms with E-state index < -0.39 is 0 Å². The van der Waals surface area contributed by atoms with Crippen molar-refractivity contribution in [1.82, 2.24) is 0 Å². The highest BCUT2D eigenvalue weighted by molar-refractivity contribution is 7.99. The summed E-state index contributed by atoms with van der Waals surface area (Å²) in [7, 11) is 0. The van der Waals surface area contributed by atoms with Crippen LogP contribution in [-0.2, 0) is 0 Å².